The summed E-state index contributed by atoms with van der Waals surface area (Å²) in [5.41, 5.74) is 0. The van der Waals surface area contributed by atoms with Crippen LogP contribution in [0, 0.1) is 5.92 Å². The second-order valence-electron chi connectivity index (χ2n) is 2.83. The van der Waals surface area contributed by atoms with Crippen molar-refractivity contribution in [3.63, 3.8) is 0 Å². The molecular weight excluding hydrogens is 137 g/mol. The second kappa shape index (κ2) is 3.73. The average molecular weight is 149 g/mol. The summed E-state index contributed by atoms with van der Waals surface area (Å²) in [6, 6.07) is -0.790. The van der Waals surface area contributed by atoms with E-state index in [1.807, 2.05) is 13.3 Å². The van der Waals surface area contributed by atoms with E-state index < -0.39 is 6.02 Å². The van der Waals surface area contributed by atoms with Gasteiger partial charge in [-0.1, -0.05) is 6.04 Å². The molecule has 1 saturated carbocycles. The monoisotopic (exact) mass is 149 g/mol. The molecule has 0 radical (unpaired) electrons. The molecule has 1 heterocycles. The van der Waals surface area contributed by atoms with Gasteiger partial charge in [0.2, 0.25) is 0 Å². The van der Waals surface area contributed by atoms with Crippen LogP contribution >= 0.6 is 0 Å². The quantitative estimate of drug-likeness (QED) is 0.239. The fourth-order valence-corrected chi connectivity index (χ4v) is 1.34. The van der Waals surface area contributed by atoms with Gasteiger partial charge in [0.05, 0.1) is 0 Å². The van der Waals surface area contributed by atoms with Crippen LogP contribution in [-0.2, 0) is 4.79 Å². The first kappa shape index (κ1) is 9.28. The molecule has 1 N–H and O–H groups in total. The van der Waals surface area contributed by atoms with Crippen molar-refractivity contribution in [2.75, 3.05) is 7.05 Å². The van der Waals surface area contributed by atoms with E-state index >= 15 is 0 Å². The average Bonchev–Trinajstić information content (AvgIpc) is 2.73. The van der Waals surface area contributed by atoms with Crippen molar-refractivity contribution in [3.05, 3.63) is 0 Å². The molecule has 2 fully saturated rings. The summed E-state index contributed by atoms with van der Waals surface area (Å²) in [7, 11) is 1.82. The Kier molecular flexibility index (Phi) is 3.14. The van der Waals surface area contributed by atoms with Gasteiger partial charge in [-0.25, -0.2) is 6.29 Å². The molecule has 3 nitrogen and oxygen atoms in total. The molecule has 11 heavy (non-hydrogen) atoms. The molecule has 0 spiro atoms. The van der Waals surface area contributed by atoms with E-state index in [1.54, 1.807) is 4.90 Å². The van der Waals surface area contributed by atoms with Crippen molar-refractivity contribution in [3.8, 4) is 0 Å². The summed E-state index contributed by atoms with van der Waals surface area (Å²) in [5.74, 6) is 0.448. The van der Waals surface area contributed by atoms with E-state index in [1.165, 1.54) is 0 Å². The maximum absolute atomic E-state index is 10.2. The van der Waals surface area contributed by atoms with Crippen LogP contribution in [0.25, 0.3) is 0 Å². The molecule has 3 atom stereocenters. The van der Waals surface area contributed by atoms with Crippen LogP contribution in [-0.4, -0.2) is 35.8 Å². The third kappa shape index (κ3) is 1.85. The molecule has 58 valence electrons. The third-order valence-electron chi connectivity index (χ3n) is 2.11. The van der Waals surface area contributed by atoms with Crippen LogP contribution in [0.4, 0.5) is 0 Å². The third-order valence-corrected chi connectivity index (χ3v) is 2.11. The van der Waals surface area contributed by atoms with Gasteiger partial charge in [0.1, 0.15) is 0 Å². The van der Waals surface area contributed by atoms with Crippen LogP contribution < -0.4 is 18.9 Å². The molecule has 0 bridgehead atoms. The summed E-state index contributed by atoms with van der Waals surface area (Å²) in [4.78, 5) is 12.0. The number of nitrogens with zero attached hydrogens (tertiary/aromatic N) is 1. The maximum Gasteiger partial charge on any atom is 1.00 e. The Morgan fingerprint density at radius 3 is 2.45 bits per heavy atom. The maximum atomic E-state index is 10.2. The van der Waals surface area contributed by atoms with Crippen molar-refractivity contribution in [1.82, 2.24) is 4.90 Å². The molecule has 2 rings (SSSR count). The van der Waals surface area contributed by atoms with Crippen LogP contribution in [0.3, 0.4) is 0 Å². The normalized spacial score (nSPS) is 47.9. The van der Waals surface area contributed by atoms with Crippen molar-refractivity contribution in [2.45, 2.75) is 24.9 Å². The van der Waals surface area contributed by atoms with Crippen LogP contribution in [0.15, 0.2) is 0 Å². The van der Waals surface area contributed by atoms with E-state index in [4.69, 9.17) is 1.37 Å². The fraction of sp³-hybridized carbons (Fsp3) is 0.857. The first-order valence-electron chi connectivity index (χ1n) is 3.82. The molecule has 0 aromatic heterocycles. The first-order valence-corrected chi connectivity index (χ1v) is 3.32. The number of rotatable bonds is 2. The summed E-state index contributed by atoms with van der Waals surface area (Å²) in [6.45, 7) is 0. The van der Waals surface area contributed by atoms with Gasteiger partial charge in [0.25, 0.3) is 0 Å². The molecule has 2 aliphatic rings. The second-order valence-corrected chi connectivity index (χ2v) is 2.83. The van der Waals surface area contributed by atoms with E-state index in [0.29, 0.717) is 5.92 Å². The summed E-state index contributed by atoms with van der Waals surface area (Å²) in [5, 5.41) is 0. The van der Waals surface area contributed by atoms with Crippen LogP contribution in [0.2, 0.25) is 0 Å². The summed E-state index contributed by atoms with van der Waals surface area (Å²) in [6.07, 6.45) is 4.12. The van der Waals surface area contributed by atoms with Crippen LogP contribution in [0.1, 0.15) is 14.2 Å². The van der Waals surface area contributed by atoms with Crippen molar-refractivity contribution in [2.24, 2.45) is 5.92 Å². The smallest absolute Gasteiger partial charge is 0.870 e. The zero-order chi connectivity index (χ0) is 7.35. The zero-order valence-electron chi connectivity index (χ0n) is 7.87. The predicted octanol–water partition coefficient (Wildman–Crippen LogP) is -2.98. The van der Waals surface area contributed by atoms with E-state index in [2.05, 4.69) is 0 Å². The van der Waals surface area contributed by atoms with Gasteiger partial charge in [0.15, 0.2) is 0 Å². The molecule has 4 heteroatoms. The molecule has 0 amide bonds. The Labute approximate surface area is 80.0 Å². The molecule has 0 aromatic carbocycles. The Morgan fingerprint density at radius 2 is 2.18 bits per heavy atom. The number of carbonyl (C=O) groups excluding carboxylic acids is 1. The number of likely N-dealkylation sites (N-methyl/N-ethyl adjacent to an activating group) is 1. The Balaban J connectivity index is 0.000000605. The number of hydrogen-bond acceptors (Lipinski definition) is 3. The van der Waals surface area contributed by atoms with Gasteiger partial charge in [0, 0.05) is 7.39 Å². The van der Waals surface area contributed by atoms with Gasteiger partial charge in [-0.15, -0.1) is 0 Å². The Hall–Kier alpha value is 0.187. The molecule has 1 saturated heterocycles. The van der Waals surface area contributed by atoms with E-state index in [-0.39, 0.29) is 30.4 Å². The van der Waals surface area contributed by atoms with E-state index in [0.717, 1.165) is 12.8 Å². The van der Waals surface area contributed by atoms with Crippen molar-refractivity contribution in [1.29, 1.82) is 0 Å². The minimum absolute atomic E-state index is 0. The largest absolute Gasteiger partial charge is 1.00 e. The van der Waals surface area contributed by atoms with Crippen LogP contribution in [0.5, 0.6) is 0 Å². The summed E-state index contributed by atoms with van der Waals surface area (Å²) >= 11 is 0. The zero-order valence-corrected chi connectivity index (χ0v) is 6.87. The minimum atomic E-state index is -0.554. The predicted molar refractivity (Wildman–Crippen MR) is 35.7 cm³/mol. The van der Waals surface area contributed by atoms with Gasteiger partial charge >= 0.3 is 18.9 Å². The van der Waals surface area contributed by atoms with Crippen molar-refractivity contribution >= 4 is 6.29 Å². The Morgan fingerprint density at radius 1 is 1.64 bits per heavy atom. The molecule has 1 aliphatic heterocycles. The molecular formula is C7H11LiNO2-. The summed E-state index contributed by atoms with van der Waals surface area (Å²) < 4.78 is 7.79. The fourth-order valence-electron chi connectivity index (χ4n) is 1.34. The minimum Gasteiger partial charge on any atom is -0.870 e. The van der Waals surface area contributed by atoms with Gasteiger partial charge in [-0.3, -0.25) is 0 Å². The molecule has 1 unspecified atom stereocenters. The number of hydrogen-bond donors (Lipinski definition) is 0. The van der Waals surface area contributed by atoms with Gasteiger partial charge in [-0.2, -0.15) is 0 Å². The standard InChI is InChI=1S/C7H10NO.Li.H2O/c1-8-6(4-9)7(8)5-2-3-5;;/h5-7H,2-3H2,1H3;;1H2/q-1;+1;/p-1/t6-,7+,8?;;/m0../s1/i7D;;. The SMILES string of the molecule is [2H][C@@]1(C2CC2)[C@H]([C-]=O)N1C.[Li+].[OH-]. The first-order chi connectivity index (χ1) is 4.71. The van der Waals surface area contributed by atoms with Crippen molar-refractivity contribution < 1.29 is 30.5 Å². The molecule has 0 aromatic rings. The van der Waals surface area contributed by atoms with E-state index in [9.17, 15) is 4.79 Å². The Bertz CT molecular complexity index is 188. The van der Waals surface area contributed by atoms with Gasteiger partial charge in [-0.05, 0) is 25.8 Å². The molecule has 1 aliphatic carbocycles. The topological polar surface area (TPSA) is 50.1 Å². The van der Waals surface area contributed by atoms with Gasteiger partial charge < -0.3 is 15.2 Å².